The van der Waals surface area contributed by atoms with Gasteiger partial charge in [-0.1, -0.05) is 26.0 Å². The summed E-state index contributed by atoms with van der Waals surface area (Å²) in [4.78, 5) is 19.8. The molecular weight excluding hydrogens is 268 g/mol. The van der Waals surface area contributed by atoms with Crippen molar-refractivity contribution in [3.8, 4) is 5.75 Å². The average Bonchev–Trinajstić information content (AvgIpc) is 2.47. The third kappa shape index (κ3) is 3.56. The first-order valence-electron chi connectivity index (χ1n) is 6.73. The zero-order valence-electron chi connectivity index (χ0n) is 12.3. The Morgan fingerprint density at radius 1 is 1.38 bits per heavy atom. The highest BCUT2D eigenvalue weighted by atomic mass is 16.5. The van der Waals surface area contributed by atoms with Crippen molar-refractivity contribution in [3.05, 3.63) is 53.1 Å². The Balaban J connectivity index is 2.32. The second-order valence-corrected chi connectivity index (χ2v) is 5.07. The SMILES string of the molecule is COc1cccc(Cc2ncc(C(=O)O)c(C(C)C)n2)c1. The van der Waals surface area contributed by atoms with E-state index in [9.17, 15) is 4.79 Å². The van der Waals surface area contributed by atoms with Gasteiger partial charge in [-0.3, -0.25) is 0 Å². The summed E-state index contributed by atoms with van der Waals surface area (Å²) >= 11 is 0. The molecule has 1 aromatic carbocycles. The van der Waals surface area contributed by atoms with Crippen LogP contribution in [-0.4, -0.2) is 28.2 Å². The van der Waals surface area contributed by atoms with E-state index < -0.39 is 5.97 Å². The number of rotatable bonds is 5. The van der Waals surface area contributed by atoms with E-state index in [0.29, 0.717) is 17.9 Å². The zero-order valence-corrected chi connectivity index (χ0v) is 12.3. The molecule has 1 aromatic heterocycles. The summed E-state index contributed by atoms with van der Waals surface area (Å²) in [7, 11) is 1.62. The lowest BCUT2D eigenvalue weighted by molar-refractivity contribution is 0.0694. The van der Waals surface area contributed by atoms with Crippen molar-refractivity contribution >= 4 is 5.97 Å². The number of carboxylic acid groups (broad SMARTS) is 1. The van der Waals surface area contributed by atoms with Gasteiger partial charge in [0.2, 0.25) is 0 Å². The first-order valence-corrected chi connectivity index (χ1v) is 6.73. The van der Waals surface area contributed by atoms with Crippen LogP contribution in [0.15, 0.2) is 30.5 Å². The number of hydrogen-bond donors (Lipinski definition) is 1. The molecule has 0 fully saturated rings. The average molecular weight is 286 g/mol. The van der Waals surface area contributed by atoms with Gasteiger partial charge in [0, 0.05) is 12.6 Å². The molecular formula is C16H18N2O3. The molecule has 0 aliphatic heterocycles. The van der Waals surface area contributed by atoms with E-state index >= 15 is 0 Å². The van der Waals surface area contributed by atoms with Crippen LogP contribution < -0.4 is 4.74 Å². The van der Waals surface area contributed by atoms with Crippen LogP contribution in [0.5, 0.6) is 5.75 Å². The molecule has 0 radical (unpaired) electrons. The minimum atomic E-state index is -0.994. The molecule has 0 saturated heterocycles. The summed E-state index contributed by atoms with van der Waals surface area (Å²) < 4.78 is 5.19. The van der Waals surface area contributed by atoms with Gasteiger partial charge in [-0.15, -0.1) is 0 Å². The van der Waals surface area contributed by atoms with Crippen molar-refractivity contribution in [3.63, 3.8) is 0 Å². The molecule has 2 aromatic rings. The van der Waals surface area contributed by atoms with Crippen LogP contribution in [0, 0.1) is 0 Å². The Kier molecular flexibility index (Phi) is 4.52. The Morgan fingerprint density at radius 2 is 2.14 bits per heavy atom. The third-order valence-electron chi connectivity index (χ3n) is 3.14. The van der Waals surface area contributed by atoms with Crippen LogP contribution in [0.1, 0.15) is 47.2 Å². The molecule has 0 atom stereocenters. The van der Waals surface area contributed by atoms with Crippen LogP contribution in [0.2, 0.25) is 0 Å². The van der Waals surface area contributed by atoms with Gasteiger partial charge in [0.1, 0.15) is 11.6 Å². The Morgan fingerprint density at radius 3 is 2.76 bits per heavy atom. The third-order valence-corrected chi connectivity index (χ3v) is 3.14. The highest BCUT2D eigenvalue weighted by molar-refractivity contribution is 5.88. The molecule has 1 N–H and O–H groups in total. The van der Waals surface area contributed by atoms with Crippen molar-refractivity contribution in [1.29, 1.82) is 0 Å². The molecule has 0 amide bonds. The number of benzene rings is 1. The van der Waals surface area contributed by atoms with Crippen molar-refractivity contribution in [2.75, 3.05) is 7.11 Å². The fraction of sp³-hybridized carbons (Fsp3) is 0.312. The molecule has 0 bridgehead atoms. The quantitative estimate of drug-likeness (QED) is 0.915. The predicted octanol–water partition coefficient (Wildman–Crippen LogP) is 2.90. The minimum Gasteiger partial charge on any atom is -0.497 e. The van der Waals surface area contributed by atoms with Crippen LogP contribution in [-0.2, 0) is 6.42 Å². The molecule has 21 heavy (non-hydrogen) atoms. The van der Waals surface area contributed by atoms with E-state index in [0.717, 1.165) is 11.3 Å². The number of aromatic carboxylic acids is 1. The highest BCUT2D eigenvalue weighted by Crippen LogP contribution is 2.19. The van der Waals surface area contributed by atoms with Gasteiger partial charge in [-0.2, -0.15) is 0 Å². The monoisotopic (exact) mass is 286 g/mol. The van der Waals surface area contributed by atoms with Crippen molar-refractivity contribution in [2.45, 2.75) is 26.2 Å². The molecule has 5 nitrogen and oxygen atoms in total. The lowest BCUT2D eigenvalue weighted by Crippen LogP contribution is -2.10. The first kappa shape index (κ1) is 15.0. The number of carbonyl (C=O) groups is 1. The number of ether oxygens (including phenoxy) is 1. The fourth-order valence-electron chi connectivity index (χ4n) is 2.09. The Labute approximate surface area is 123 Å². The smallest absolute Gasteiger partial charge is 0.339 e. The lowest BCUT2D eigenvalue weighted by Gasteiger charge is -2.10. The summed E-state index contributed by atoms with van der Waals surface area (Å²) in [5, 5.41) is 9.17. The van der Waals surface area contributed by atoms with E-state index in [4.69, 9.17) is 9.84 Å². The Hall–Kier alpha value is -2.43. The molecule has 0 aliphatic rings. The van der Waals surface area contributed by atoms with Crippen LogP contribution in [0.25, 0.3) is 0 Å². The molecule has 2 rings (SSSR count). The van der Waals surface area contributed by atoms with Gasteiger partial charge in [0.25, 0.3) is 0 Å². The second-order valence-electron chi connectivity index (χ2n) is 5.07. The molecule has 1 heterocycles. The summed E-state index contributed by atoms with van der Waals surface area (Å²) in [5.74, 6) is 0.422. The van der Waals surface area contributed by atoms with Gasteiger partial charge in [-0.25, -0.2) is 14.8 Å². The molecule has 0 spiro atoms. The van der Waals surface area contributed by atoms with Gasteiger partial charge in [-0.05, 0) is 23.6 Å². The van der Waals surface area contributed by atoms with E-state index in [1.165, 1.54) is 6.20 Å². The maximum atomic E-state index is 11.2. The van der Waals surface area contributed by atoms with Gasteiger partial charge in [0.15, 0.2) is 0 Å². The molecule has 5 heteroatoms. The number of hydrogen-bond acceptors (Lipinski definition) is 4. The number of carboxylic acids is 1. The topological polar surface area (TPSA) is 72.3 Å². The summed E-state index contributed by atoms with van der Waals surface area (Å²) in [6.45, 7) is 3.84. The van der Waals surface area contributed by atoms with Crippen molar-refractivity contribution < 1.29 is 14.6 Å². The van der Waals surface area contributed by atoms with E-state index in [2.05, 4.69) is 9.97 Å². The van der Waals surface area contributed by atoms with Crippen molar-refractivity contribution in [2.24, 2.45) is 0 Å². The lowest BCUT2D eigenvalue weighted by atomic mass is 10.0. The van der Waals surface area contributed by atoms with Crippen molar-refractivity contribution in [1.82, 2.24) is 9.97 Å². The minimum absolute atomic E-state index is 0.0307. The number of nitrogens with zero attached hydrogens (tertiary/aromatic N) is 2. The number of aromatic nitrogens is 2. The zero-order chi connectivity index (χ0) is 15.4. The van der Waals surface area contributed by atoms with Crippen LogP contribution >= 0.6 is 0 Å². The summed E-state index contributed by atoms with van der Waals surface area (Å²) in [5.41, 5.74) is 1.75. The van der Waals surface area contributed by atoms with Gasteiger partial charge >= 0.3 is 5.97 Å². The molecule has 0 aliphatic carbocycles. The summed E-state index contributed by atoms with van der Waals surface area (Å²) in [6, 6.07) is 7.66. The second kappa shape index (κ2) is 6.35. The molecule has 0 unspecified atom stereocenters. The standard InChI is InChI=1S/C16H18N2O3/c1-10(2)15-13(16(19)20)9-17-14(18-15)8-11-5-4-6-12(7-11)21-3/h4-7,9-10H,8H2,1-3H3,(H,19,20). The maximum Gasteiger partial charge on any atom is 0.339 e. The highest BCUT2D eigenvalue weighted by Gasteiger charge is 2.16. The predicted molar refractivity (Wildman–Crippen MR) is 78.9 cm³/mol. The Bertz CT molecular complexity index is 654. The van der Waals surface area contributed by atoms with E-state index in [1.807, 2.05) is 38.1 Å². The van der Waals surface area contributed by atoms with Crippen LogP contribution in [0.4, 0.5) is 0 Å². The van der Waals surface area contributed by atoms with E-state index in [1.54, 1.807) is 7.11 Å². The maximum absolute atomic E-state index is 11.2. The normalized spacial score (nSPS) is 10.7. The largest absolute Gasteiger partial charge is 0.497 e. The first-order chi connectivity index (χ1) is 10.0. The molecule has 0 saturated carbocycles. The summed E-state index contributed by atoms with van der Waals surface area (Å²) in [6.07, 6.45) is 1.93. The van der Waals surface area contributed by atoms with Crippen LogP contribution in [0.3, 0.4) is 0 Å². The number of methoxy groups -OCH3 is 1. The van der Waals surface area contributed by atoms with Gasteiger partial charge in [0.05, 0.1) is 18.4 Å². The fourth-order valence-corrected chi connectivity index (χ4v) is 2.09. The van der Waals surface area contributed by atoms with Gasteiger partial charge < -0.3 is 9.84 Å². The molecule has 110 valence electrons. The van der Waals surface area contributed by atoms with E-state index in [-0.39, 0.29) is 11.5 Å².